The molecule has 32 heavy (non-hydrogen) atoms. The lowest BCUT2D eigenvalue weighted by atomic mass is 9.87. The predicted molar refractivity (Wildman–Crippen MR) is 118 cm³/mol. The summed E-state index contributed by atoms with van der Waals surface area (Å²) in [6, 6.07) is 8.23. The molecule has 1 N–H and O–H groups in total. The summed E-state index contributed by atoms with van der Waals surface area (Å²) in [5.74, 6) is -2.26. The fourth-order valence-corrected chi connectivity index (χ4v) is 7.14. The van der Waals surface area contributed by atoms with Crippen LogP contribution < -0.4 is 5.56 Å². The normalized spacial score (nSPS) is 25.1. The highest BCUT2D eigenvalue weighted by atomic mass is 32.2. The Balaban J connectivity index is 1.97. The molecule has 1 fully saturated rings. The number of carbonyl (C=O) groups is 1. The van der Waals surface area contributed by atoms with E-state index in [1.807, 2.05) is 0 Å². The molecule has 170 valence electrons. The second-order valence-corrected chi connectivity index (χ2v) is 9.95. The molecule has 1 aromatic heterocycles. The Labute approximate surface area is 186 Å². The van der Waals surface area contributed by atoms with Gasteiger partial charge in [0.15, 0.2) is 0 Å². The Morgan fingerprint density at radius 2 is 1.97 bits per heavy atom. The summed E-state index contributed by atoms with van der Waals surface area (Å²) in [4.78, 5) is 26.1. The molecule has 3 heterocycles. The van der Waals surface area contributed by atoms with Crippen LogP contribution in [0.3, 0.4) is 0 Å². The molecular weight excluding hydrogens is 432 g/mol. The van der Waals surface area contributed by atoms with Crippen LogP contribution in [0.15, 0.2) is 52.2 Å². The van der Waals surface area contributed by atoms with E-state index in [4.69, 9.17) is 4.74 Å². The number of esters is 1. The molecule has 0 spiro atoms. The van der Waals surface area contributed by atoms with Crippen LogP contribution in [0.2, 0.25) is 0 Å². The van der Waals surface area contributed by atoms with Gasteiger partial charge in [-0.1, -0.05) is 30.4 Å². The fourth-order valence-electron chi connectivity index (χ4n) is 5.07. The molecule has 9 heteroatoms. The fraction of sp³-hybridized carbons (Fsp3) is 0.391. The van der Waals surface area contributed by atoms with Crippen LogP contribution in [0, 0.1) is 18.8 Å². The minimum Gasteiger partial charge on any atom is -0.469 e. The van der Waals surface area contributed by atoms with Gasteiger partial charge in [0.25, 0.3) is 5.56 Å². The molecule has 2 aromatic rings. The van der Waals surface area contributed by atoms with Gasteiger partial charge in [0.2, 0.25) is 10.0 Å². The molecule has 4 rings (SSSR count). The van der Waals surface area contributed by atoms with Crippen LogP contribution >= 0.6 is 0 Å². The van der Waals surface area contributed by atoms with Crippen molar-refractivity contribution in [3.05, 3.63) is 69.6 Å². The smallest absolute Gasteiger partial charge is 0.311 e. The summed E-state index contributed by atoms with van der Waals surface area (Å²) >= 11 is 0. The summed E-state index contributed by atoms with van der Waals surface area (Å²) in [5.41, 5.74) is 1.21. The van der Waals surface area contributed by atoms with E-state index < -0.39 is 46.5 Å². The van der Waals surface area contributed by atoms with Crippen LogP contribution in [-0.4, -0.2) is 48.1 Å². The number of benzene rings is 1. The van der Waals surface area contributed by atoms with Crippen molar-refractivity contribution in [2.24, 2.45) is 11.8 Å². The molecule has 0 saturated carbocycles. The van der Waals surface area contributed by atoms with E-state index in [-0.39, 0.29) is 17.0 Å². The molecule has 2 aliphatic heterocycles. The Morgan fingerprint density at radius 1 is 1.25 bits per heavy atom. The summed E-state index contributed by atoms with van der Waals surface area (Å²) in [6.45, 7) is 3.14. The first-order chi connectivity index (χ1) is 15.3. The molecule has 0 radical (unpaired) electrons. The number of allylic oxidation sites excluding steroid dienone is 1. The minimum absolute atomic E-state index is 0.0416. The molecule has 2 aliphatic rings. The van der Waals surface area contributed by atoms with Gasteiger partial charge in [-0.25, -0.2) is 8.42 Å². The number of carbonyl (C=O) groups excluding carboxylic acids is 1. The topological polar surface area (TPSA) is 106 Å². The van der Waals surface area contributed by atoms with Crippen LogP contribution in [0.25, 0.3) is 6.08 Å². The molecule has 0 unspecified atom stereocenters. The monoisotopic (exact) mass is 458 g/mol. The van der Waals surface area contributed by atoms with E-state index in [9.17, 15) is 23.1 Å². The number of nitrogens with zero attached hydrogens (tertiary/aromatic N) is 2. The van der Waals surface area contributed by atoms with Crippen molar-refractivity contribution in [3.63, 3.8) is 0 Å². The van der Waals surface area contributed by atoms with Gasteiger partial charge in [0.1, 0.15) is 0 Å². The van der Waals surface area contributed by atoms with E-state index in [2.05, 4.69) is 0 Å². The van der Waals surface area contributed by atoms with E-state index >= 15 is 0 Å². The number of pyridine rings is 1. The predicted octanol–water partition coefficient (Wildman–Crippen LogP) is 1.72. The van der Waals surface area contributed by atoms with Gasteiger partial charge in [-0.05, 0) is 37.6 Å². The van der Waals surface area contributed by atoms with Gasteiger partial charge in [0, 0.05) is 36.4 Å². The van der Waals surface area contributed by atoms with Crippen molar-refractivity contribution in [1.29, 1.82) is 0 Å². The average molecular weight is 459 g/mol. The average Bonchev–Trinajstić information content (AvgIpc) is 3.03. The first kappa shape index (κ1) is 22.4. The van der Waals surface area contributed by atoms with Crippen molar-refractivity contribution < 1.29 is 23.1 Å². The second-order valence-electron chi connectivity index (χ2n) is 8.14. The van der Waals surface area contributed by atoms with Crippen molar-refractivity contribution in [2.45, 2.75) is 37.4 Å². The van der Waals surface area contributed by atoms with Gasteiger partial charge in [-0.2, -0.15) is 4.31 Å². The van der Waals surface area contributed by atoms with Crippen molar-refractivity contribution >= 4 is 22.1 Å². The lowest BCUT2D eigenvalue weighted by molar-refractivity contribution is -0.148. The molecule has 0 amide bonds. The minimum atomic E-state index is -4.04. The lowest BCUT2D eigenvalue weighted by Crippen LogP contribution is -2.49. The standard InChI is InChI=1S/C23H26N2O6S/c1-4-7-15-10-11-17-21-20(23(28)31-3)16(13-26)18(12-24(17)22(15)27)25(21)32(29,30)19-9-6-5-8-14(19)2/h4-11,16,18,20-21,26H,12-13H2,1-3H3/b7-4+/t16-,18-,20+,21+/m0/s1. The van der Waals surface area contributed by atoms with E-state index in [1.54, 1.807) is 56.3 Å². The molecule has 2 bridgehead atoms. The maximum atomic E-state index is 13.8. The zero-order chi connectivity index (χ0) is 23.2. The number of aryl methyl sites for hydroxylation is 1. The number of hydrogen-bond donors (Lipinski definition) is 1. The summed E-state index contributed by atoms with van der Waals surface area (Å²) in [5, 5.41) is 10.2. The van der Waals surface area contributed by atoms with Crippen LogP contribution in [0.5, 0.6) is 0 Å². The first-order valence-corrected chi connectivity index (χ1v) is 11.9. The molecular formula is C23H26N2O6S. The van der Waals surface area contributed by atoms with Crippen molar-refractivity contribution in [1.82, 2.24) is 8.87 Å². The van der Waals surface area contributed by atoms with Crippen LogP contribution in [0.1, 0.15) is 29.8 Å². The Morgan fingerprint density at radius 3 is 2.59 bits per heavy atom. The third kappa shape index (κ3) is 3.23. The number of aromatic nitrogens is 1. The zero-order valence-electron chi connectivity index (χ0n) is 18.1. The number of methoxy groups -OCH3 is 1. The zero-order valence-corrected chi connectivity index (χ0v) is 19.0. The Kier molecular flexibility index (Phi) is 5.83. The molecule has 0 aliphatic carbocycles. The number of aliphatic hydroxyl groups excluding tert-OH is 1. The third-order valence-electron chi connectivity index (χ3n) is 6.49. The number of ether oxygens (including phenoxy) is 1. The SMILES string of the molecule is C/C=C/c1ccc2n(c1=O)C[C@H]1[C@H](CO)[C@@H](C(=O)OC)[C@@H]2N1S(=O)(=O)c1ccccc1C. The highest BCUT2D eigenvalue weighted by Crippen LogP contribution is 2.51. The van der Waals surface area contributed by atoms with E-state index in [0.29, 0.717) is 16.8 Å². The van der Waals surface area contributed by atoms with Crippen LogP contribution in [0.4, 0.5) is 0 Å². The van der Waals surface area contributed by atoms with Gasteiger partial charge in [-0.3, -0.25) is 9.59 Å². The Bertz CT molecular complexity index is 1250. The second kappa shape index (κ2) is 8.31. The largest absolute Gasteiger partial charge is 0.469 e. The van der Waals surface area contributed by atoms with Crippen LogP contribution in [-0.2, 0) is 26.1 Å². The number of hydrogen-bond acceptors (Lipinski definition) is 6. The summed E-state index contributed by atoms with van der Waals surface area (Å²) in [6.07, 6.45) is 3.44. The lowest BCUT2D eigenvalue weighted by Gasteiger charge is -2.37. The van der Waals surface area contributed by atoms with Gasteiger partial charge in [-0.15, -0.1) is 0 Å². The highest BCUT2D eigenvalue weighted by molar-refractivity contribution is 7.89. The number of aliphatic hydroxyl groups is 1. The van der Waals surface area contributed by atoms with Crippen molar-refractivity contribution in [2.75, 3.05) is 13.7 Å². The maximum absolute atomic E-state index is 13.8. The highest BCUT2D eigenvalue weighted by Gasteiger charge is 2.60. The Hall–Kier alpha value is -2.75. The number of rotatable bonds is 5. The molecule has 1 aromatic carbocycles. The van der Waals surface area contributed by atoms with Gasteiger partial charge < -0.3 is 14.4 Å². The summed E-state index contributed by atoms with van der Waals surface area (Å²) < 4.78 is 35.5. The van der Waals surface area contributed by atoms with Gasteiger partial charge >= 0.3 is 5.97 Å². The molecule has 1 saturated heterocycles. The summed E-state index contributed by atoms with van der Waals surface area (Å²) in [7, 11) is -2.80. The van der Waals surface area contributed by atoms with E-state index in [0.717, 1.165) is 0 Å². The number of sulfonamides is 1. The van der Waals surface area contributed by atoms with Crippen molar-refractivity contribution in [3.8, 4) is 0 Å². The quantitative estimate of drug-likeness (QED) is 0.684. The number of fused-ring (bicyclic) bond motifs is 4. The van der Waals surface area contributed by atoms with Gasteiger partial charge in [0.05, 0.1) is 24.0 Å². The first-order valence-electron chi connectivity index (χ1n) is 10.4. The molecule has 8 nitrogen and oxygen atoms in total. The van der Waals surface area contributed by atoms with E-state index in [1.165, 1.54) is 22.0 Å². The molecule has 4 atom stereocenters. The maximum Gasteiger partial charge on any atom is 0.311 e. The third-order valence-corrected chi connectivity index (χ3v) is 8.55.